The maximum Gasteiger partial charge on any atom is 0.0410 e. The topological polar surface area (TPSA) is 24.9 Å². The minimum atomic E-state index is 0.300. The van der Waals surface area contributed by atoms with E-state index in [0.29, 0.717) is 11.5 Å². The molecule has 1 aromatic rings. The van der Waals surface area contributed by atoms with Crippen molar-refractivity contribution in [2.75, 3.05) is 7.05 Å². The first-order chi connectivity index (χ1) is 7.43. The fraction of sp³-hybridized carbons (Fsp3) is 0.615. The van der Waals surface area contributed by atoms with Gasteiger partial charge in [-0.25, -0.2) is 0 Å². The maximum absolute atomic E-state index is 4.18. The molecule has 1 aromatic heterocycles. The summed E-state index contributed by atoms with van der Waals surface area (Å²) in [6.07, 6.45) is 5.97. The van der Waals surface area contributed by atoms with Gasteiger partial charge in [0.25, 0.3) is 0 Å². The molecule has 0 bridgehead atoms. The van der Waals surface area contributed by atoms with Crippen molar-refractivity contribution in [1.29, 1.82) is 0 Å². The van der Waals surface area contributed by atoms with Crippen molar-refractivity contribution in [2.45, 2.75) is 39.7 Å². The number of nitrogens with zero attached hydrogens (tertiary/aromatic N) is 1. The van der Waals surface area contributed by atoms with Crippen LogP contribution in [0.25, 0.3) is 0 Å². The Kier molecular flexibility index (Phi) is 4.93. The minimum absolute atomic E-state index is 0.300. The number of aromatic nitrogens is 1. The second-order valence-electron chi connectivity index (χ2n) is 5.26. The van der Waals surface area contributed by atoms with Crippen LogP contribution in [0.4, 0.5) is 0 Å². The summed E-state index contributed by atoms with van der Waals surface area (Å²) in [5.41, 5.74) is 1.59. The predicted octanol–water partition coefficient (Wildman–Crippen LogP) is 3.41. The van der Waals surface area contributed by atoms with E-state index in [4.69, 9.17) is 0 Å². The van der Waals surface area contributed by atoms with Gasteiger partial charge in [-0.15, -0.1) is 0 Å². The highest BCUT2D eigenvalue weighted by atomic mass is 79.9. The molecule has 0 saturated carbocycles. The minimum Gasteiger partial charge on any atom is -0.316 e. The molecule has 0 spiro atoms. The Morgan fingerprint density at radius 3 is 2.56 bits per heavy atom. The van der Waals surface area contributed by atoms with Crippen LogP contribution in [0.15, 0.2) is 22.9 Å². The summed E-state index contributed by atoms with van der Waals surface area (Å²) in [4.78, 5) is 4.18. The fourth-order valence-corrected chi connectivity index (χ4v) is 2.33. The zero-order valence-corrected chi connectivity index (χ0v) is 12.1. The van der Waals surface area contributed by atoms with Crippen LogP contribution in [0.5, 0.6) is 0 Å². The summed E-state index contributed by atoms with van der Waals surface area (Å²) in [5.74, 6) is 0. The van der Waals surface area contributed by atoms with Gasteiger partial charge in [-0.2, -0.15) is 0 Å². The van der Waals surface area contributed by atoms with Crippen LogP contribution < -0.4 is 5.32 Å². The van der Waals surface area contributed by atoms with Crippen LogP contribution in [-0.4, -0.2) is 18.1 Å². The molecule has 0 amide bonds. The van der Waals surface area contributed by atoms with Gasteiger partial charge in [0.1, 0.15) is 0 Å². The summed E-state index contributed by atoms with van der Waals surface area (Å²) >= 11 is 3.45. The zero-order valence-electron chi connectivity index (χ0n) is 10.5. The molecule has 0 saturated heterocycles. The molecule has 16 heavy (non-hydrogen) atoms. The van der Waals surface area contributed by atoms with Gasteiger partial charge in [-0.05, 0) is 52.9 Å². The second kappa shape index (κ2) is 5.78. The molecule has 1 rings (SSSR count). The second-order valence-corrected chi connectivity index (χ2v) is 6.17. The Hall–Kier alpha value is -0.410. The largest absolute Gasteiger partial charge is 0.316 e. The van der Waals surface area contributed by atoms with Crippen molar-refractivity contribution in [1.82, 2.24) is 10.3 Å². The van der Waals surface area contributed by atoms with Crippen LogP contribution in [0.1, 0.15) is 32.8 Å². The van der Waals surface area contributed by atoms with Crippen LogP contribution in [0.2, 0.25) is 0 Å². The molecule has 1 N–H and O–H groups in total. The first-order valence-corrected chi connectivity index (χ1v) is 6.49. The molecule has 90 valence electrons. The highest BCUT2D eigenvalue weighted by molar-refractivity contribution is 9.10. The number of hydrogen-bond acceptors (Lipinski definition) is 2. The lowest BCUT2D eigenvalue weighted by Gasteiger charge is -2.30. The Bertz CT molecular complexity index is 331. The van der Waals surface area contributed by atoms with E-state index in [1.165, 1.54) is 5.56 Å². The average Bonchev–Trinajstić information content (AvgIpc) is 2.16. The van der Waals surface area contributed by atoms with Crippen LogP contribution >= 0.6 is 15.9 Å². The van der Waals surface area contributed by atoms with E-state index >= 15 is 0 Å². The molecule has 0 aliphatic rings. The molecule has 3 heteroatoms. The summed E-state index contributed by atoms with van der Waals surface area (Å²) in [5, 5.41) is 3.39. The molecule has 1 heterocycles. The van der Waals surface area contributed by atoms with Gasteiger partial charge >= 0.3 is 0 Å². The molecule has 0 aliphatic heterocycles. The number of aryl methyl sites for hydroxylation is 1. The first-order valence-electron chi connectivity index (χ1n) is 5.70. The van der Waals surface area contributed by atoms with Gasteiger partial charge in [0.05, 0.1) is 0 Å². The van der Waals surface area contributed by atoms with Gasteiger partial charge < -0.3 is 5.32 Å². The molecule has 0 fully saturated rings. The number of pyridine rings is 1. The third-order valence-electron chi connectivity index (χ3n) is 2.88. The van der Waals surface area contributed by atoms with E-state index in [1.807, 2.05) is 19.4 Å². The van der Waals surface area contributed by atoms with Gasteiger partial charge in [0, 0.05) is 22.9 Å². The summed E-state index contributed by atoms with van der Waals surface area (Å²) in [7, 11) is 2.04. The summed E-state index contributed by atoms with van der Waals surface area (Å²) < 4.78 is 1.06. The number of nitrogens with one attached hydrogen (secondary N) is 1. The molecule has 0 aliphatic carbocycles. The fourth-order valence-electron chi connectivity index (χ4n) is 1.91. The lowest BCUT2D eigenvalue weighted by Crippen LogP contribution is -2.38. The quantitative estimate of drug-likeness (QED) is 0.917. The highest BCUT2D eigenvalue weighted by Crippen LogP contribution is 2.23. The van der Waals surface area contributed by atoms with Crippen molar-refractivity contribution < 1.29 is 0 Å². The number of hydrogen-bond donors (Lipinski definition) is 1. The molecular formula is C13H21BrN2. The zero-order chi connectivity index (χ0) is 12.2. The van der Waals surface area contributed by atoms with E-state index in [9.17, 15) is 0 Å². The molecule has 0 radical (unpaired) electrons. The van der Waals surface area contributed by atoms with E-state index in [2.05, 4.69) is 53.1 Å². The van der Waals surface area contributed by atoms with Crippen molar-refractivity contribution in [3.63, 3.8) is 0 Å². The van der Waals surface area contributed by atoms with Gasteiger partial charge in [-0.1, -0.05) is 20.8 Å². The Morgan fingerprint density at radius 2 is 2.06 bits per heavy atom. The smallest absolute Gasteiger partial charge is 0.0410 e. The number of halogens is 1. The highest BCUT2D eigenvalue weighted by Gasteiger charge is 2.22. The Labute approximate surface area is 107 Å². The van der Waals surface area contributed by atoms with Gasteiger partial charge in [0.2, 0.25) is 0 Å². The average molecular weight is 285 g/mol. The molecule has 1 atom stereocenters. The lowest BCUT2D eigenvalue weighted by molar-refractivity contribution is 0.268. The molecule has 1 unspecified atom stereocenters. The number of rotatable bonds is 4. The van der Waals surface area contributed by atoms with Crippen molar-refractivity contribution in [2.24, 2.45) is 5.41 Å². The monoisotopic (exact) mass is 284 g/mol. The lowest BCUT2D eigenvalue weighted by atomic mass is 9.83. The van der Waals surface area contributed by atoms with E-state index in [0.717, 1.165) is 17.3 Å². The predicted molar refractivity (Wildman–Crippen MR) is 72.6 cm³/mol. The van der Waals surface area contributed by atoms with Crippen molar-refractivity contribution >= 4 is 15.9 Å². The third kappa shape index (κ3) is 4.22. The van der Waals surface area contributed by atoms with Gasteiger partial charge in [-0.3, -0.25) is 4.98 Å². The normalized spacial score (nSPS) is 13.8. The van der Waals surface area contributed by atoms with E-state index in [1.54, 1.807) is 0 Å². The molecule has 0 aromatic carbocycles. The van der Waals surface area contributed by atoms with E-state index < -0.39 is 0 Å². The Balaban J connectivity index is 2.56. The SMILES string of the molecule is CNC(CCc1cncc(Br)c1)C(C)(C)C. The Morgan fingerprint density at radius 1 is 1.38 bits per heavy atom. The molecule has 2 nitrogen and oxygen atoms in total. The first kappa shape index (κ1) is 13.7. The summed E-state index contributed by atoms with van der Waals surface area (Å²) in [6, 6.07) is 2.68. The van der Waals surface area contributed by atoms with Crippen LogP contribution in [0.3, 0.4) is 0 Å². The maximum atomic E-state index is 4.18. The van der Waals surface area contributed by atoms with Crippen molar-refractivity contribution in [3.8, 4) is 0 Å². The van der Waals surface area contributed by atoms with E-state index in [-0.39, 0.29) is 0 Å². The third-order valence-corrected chi connectivity index (χ3v) is 3.31. The van der Waals surface area contributed by atoms with Crippen LogP contribution in [-0.2, 0) is 6.42 Å². The van der Waals surface area contributed by atoms with Crippen molar-refractivity contribution in [3.05, 3.63) is 28.5 Å². The standard InChI is InChI=1S/C13H21BrN2/c1-13(2,3)12(15-4)6-5-10-7-11(14)9-16-8-10/h7-9,12,15H,5-6H2,1-4H3. The van der Waals surface area contributed by atoms with Gasteiger partial charge in [0.15, 0.2) is 0 Å². The van der Waals surface area contributed by atoms with Crippen LogP contribution in [0, 0.1) is 5.41 Å². The molecular weight excluding hydrogens is 264 g/mol. The summed E-state index contributed by atoms with van der Waals surface area (Å²) in [6.45, 7) is 6.81.